The zero-order valence-corrected chi connectivity index (χ0v) is 12.0. The lowest BCUT2D eigenvalue weighted by atomic mass is 10.0. The Morgan fingerprint density at radius 1 is 1.11 bits per heavy atom. The number of aliphatic hydroxyl groups is 1. The first kappa shape index (κ1) is 15.4. The summed E-state index contributed by atoms with van der Waals surface area (Å²) in [5.41, 5.74) is 1.74. The van der Waals surface area contributed by atoms with Crippen molar-refractivity contribution >= 4 is 0 Å². The molecule has 4 heteroatoms. The van der Waals surface area contributed by atoms with Crippen LogP contribution in [0, 0.1) is 0 Å². The van der Waals surface area contributed by atoms with E-state index >= 15 is 0 Å². The van der Waals surface area contributed by atoms with E-state index in [0.717, 1.165) is 12.0 Å². The van der Waals surface area contributed by atoms with E-state index in [0.29, 0.717) is 29.2 Å². The third-order valence-corrected chi connectivity index (χ3v) is 2.94. The molecule has 0 saturated heterocycles. The lowest BCUT2D eigenvalue weighted by Gasteiger charge is -2.18. The maximum atomic E-state index is 10.2. The predicted molar refractivity (Wildman–Crippen MR) is 75.1 cm³/mol. The van der Waals surface area contributed by atoms with E-state index < -0.39 is 6.10 Å². The van der Waals surface area contributed by atoms with E-state index in [2.05, 4.69) is 6.58 Å². The van der Waals surface area contributed by atoms with Gasteiger partial charge in [-0.3, -0.25) is 0 Å². The van der Waals surface area contributed by atoms with Crippen molar-refractivity contribution in [1.82, 2.24) is 0 Å². The van der Waals surface area contributed by atoms with Crippen LogP contribution in [0.1, 0.15) is 31.4 Å². The summed E-state index contributed by atoms with van der Waals surface area (Å²) in [6.07, 6.45) is 0.742. The summed E-state index contributed by atoms with van der Waals surface area (Å²) in [5, 5.41) is 10.2. The van der Waals surface area contributed by atoms with Gasteiger partial charge in [0.25, 0.3) is 0 Å². The van der Waals surface area contributed by atoms with E-state index in [1.54, 1.807) is 33.5 Å². The molecule has 0 bridgehead atoms. The van der Waals surface area contributed by atoms with Crippen LogP contribution in [0.2, 0.25) is 0 Å². The third kappa shape index (κ3) is 3.89. The van der Waals surface area contributed by atoms with Gasteiger partial charge >= 0.3 is 0 Å². The quantitative estimate of drug-likeness (QED) is 0.770. The minimum Gasteiger partial charge on any atom is -0.496 e. The average molecular weight is 266 g/mol. The molecule has 0 amide bonds. The van der Waals surface area contributed by atoms with Crippen LogP contribution in [0.25, 0.3) is 0 Å². The van der Waals surface area contributed by atoms with Gasteiger partial charge < -0.3 is 19.3 Å². The number of methoxy groups -OCH3 is 3. The van der Waals surface area contributed by atoms with Crippen LogP contribution in [0.4, 0.5) is 0 Å². The fourth-order valence-electron chi connectivity index (χ4n) is 1.85. The summed E-state index contributed by atoms with van der Waals surface area (Å²) < 4.78 is 15.8. The van der Waals surface area contributed by atoms with E-state index in [4.69, 9.17) is 14.2 Å². The molecule has 1 rings (SSSR count). The molecule has 19 heavy (non-hydrogen) atoms. The van der Waals surface area contributed by atoms with Gasteiger partial charge in [-0.05, 0) is 25.8 Å². The number of allylic oxidation sites excluding steroid dienone is 1. The molecule has 1 N–H and O–H groups in total. The van der Waals surface area contributed by atoms with Gasteiger partial charge in [0.2, 0.25) is 0 Å². The van der Waals surface area contributed by atoms with Crippen molar-refractivity contribution in [1.29, 1.82) is 0 Å². The summed E-state index contributed by atoms with van der Waals surface area (Å²) in [6.45, 7) is 5.78. The summed E-state index contributed by atoms with van der Waals surface area (Å²) in [4.78, 5) is 0. The lowest BCUT2D eigenvalue weighted by molar-refractivity contribution is 0.163. The van der Waals surface area contributed by atoms with Crippen LogP contribution in [0.3, 0.4) is 0 Å². The van der Waals surface area contributed by atoms with E-state index in [-0.39, 0.29) is 0 Å². The molecule has 0 aliphatic rings. The number of hydrogen-bond acceptors (Lipinski definition) is 4. The van der Waals surface area contributed by atoms with E-state index in [9.17, 15) is 5.11 Å². The molecule has 1 atom stereocenters. The standard InChI is InChI=1S/C15H22O4/c1-10(2)6-7-12(16)11-8-14(18-4)15(19-5)9-13(11)17-3/h8-9,12,16H,1,6-7H2,2-5H3. The Hall–Kier alpha value is -1.68. The largest absolute Gasteiger partial charge is 0.496 e. The second kappa shape index (κ2) is 7.04. The molecular formula is C15H22O4. The van der Waals surface area contributed by atoms with Crippen LogP contribution in [0.15, 0.2) is 24.3 Å². The number of hydrogen-bond donors (Lipinski definition) is 1. The van der Waals surface area contributed by atoms with Crippen LogP contribution < -0.4 is 14.2 Å². The summed E-state index contributed by atoms with van der Waals surface area (Å²) in [7, 11) is 4.69. The molecule has 0 fully saturated rings. The third-order valence-electron chi connectivity index (χ3n) is 2.94. The minimum absolute atomic E-state index is 0.577. The maximum absolute atomic E-state index is 10.2. The van der Waals surface area contributed by atoms with Gasteiger partial charge in [-0.25, -0.2) is 0 Å². The summed E-state index contributed by atoms with van der Waals surface area (Å²) >= 11 is 0. The van der Waals surface area contributed by atoms with Crippen molar-refractivity contribution < 1.29 is 19.3 Å². The highest BCUT2D eigenvalue weighted by molar-refractivity contribution is 5.51. The van der Waals surface area contributed by atoms with Gasteiger partial charge in [0.15, 0.2) is 11.5 Å². The molecule has 1 aromatic rings. The van der Waals surface area contributed by atoms with Crippen molar-refractivity contribution in [2.75, 3.05) is 21.3 Å². The molecule has 1 unspecified atom stereocenters. The van der Waals surface area contributed by atoms with E-state index in [1.165, 1.54) is 0 Å². The molecule has 0 radical (unpaired) electrons. The first-order valence-corrected chi connectivity index (χ1v) is 6.15. The second-order valence-electron chi connectivity index (χ2n) is 4.46. The molecule has 106 valence electrons. The van der Waals surface area contributed by atoms with Crippen molar-refractivity contribution in [3.8, 4) is 17.2 Å². The lowest BCUT2D eigenvalue weighted by Crippen LogP contribution is -2.03. The molecule has 0 aliphatic carbocycles. The Labute approximate surface area is 114 Å². The van der Waals surface area contributed by atoms with Crippen molar-refractivity contribution in [3.63, 3.8) is 0 Å². The van der Waals surface area contributed by atoms with Gasteiger partial charge in [0, 0.05) is 11.6 Å². The Bertz CT molecular complexity index is 440. The van der Waals surface area contributed by atoms with Crippen LogP contribution in [0.5, 0.6) is 17.2 Å². The van der Waals surface area contributed by atoms with Crippen LogP contribution >= 0.6 is 0 Å². The summed E-state index contributed by atoms with van der Waals surface area (Å²) in [6, 6.07) is 3.47. The molecule has 0 aliphatic heterocycles. The second-order valence-corrected chi connectivity index (χ2v) is 4.46. The summed E-state index contributed by atoms with van der Waals surface area (Å²) in [5.74, 6) is 1.75. The van der Waals surface area contributed by atoms with Crippen LogP contribution in [-0.4, -0.2) is 26.4 Å². The fraction of sp³-hybridized carbons (Fsp3) is 0.467. The van der Waals surface area contributed by atoms with Gasteiger partial charge in [-0.1, -0.05) is 5.57 Å². The van der Waals surface area contributed by atoms with Crippen molar-refractivity contribution in [2.24, 2.45) is 0 Å². The van der Waals surface area contributed by atoms with Crippen molar-refractivity contribution in [2.45, 2.75) is 25.9 Å². The molecule has 0 saturated carbocycles. The normalized spacial score (nSPS) is 11.8. The first-order chi connectivity index (χ1) is 9.03. The average Bonchev–Trinajstić information content (AvgIpc) is 2.42. The number of aliphatic hydroxyl groups excluding tert-OH is 1. The highest BCUT2D eigenvalue weighted by Gasteiger charge is 2.17. The Kier molecular flexibility index (Phi) is 5.70. The zero-order valence-electron chi connectivity index (χ0n) is 12.0. The fourth-order valence-corrected chi connectivity index (χ4v) is 1.85. The Balaban J connectivity index is 3.06. The first-order valence-electron chi connectivity index (χ1n) is 6.15. The van der Waals surface area contributed by atoms with Gasteiger partial charge in [-0.15, -0.1) is 6.58 Å². The number of ether oxygens (including phenoxy) is 3. The minimum atomic E-state index is -0.619. The topological polar surface area (TPSA) is 47.9 Å². The predicted octanol–water partition coefficient (Wildman–Crippen LogP) is 3.10. The van der Waals surface area contributed by atoms with Gasteiger partial charge in [0.05, 0.1) is 27.4 Å². The molecular weight excluding hydrogens is 244 g/mol. The maximum Gasteiger partial charge on any atom is 0.164 e. The van der Waals surface area contributed by atoms with Gasteiger partial charge in [-0.2, -0.15) is 0 Å². The number of benzene rings is 1. The monoisotopic (exact) mass is 266 g/mol. The Morgan fingerprint density at radius 2 is 1.63 bits per heavy atom. The van der Waals surface area contributed by atoms with Crippen molar-refractivity contribution in [3.05, 3.63) is 29.8 Å². The van der Waals surface area contributed by atoms with Crippen LogP contribution in [-0.2, 0) is 0 Å². The highest BCUT2D eigenvalue weighted by atomic mass is 16.5. The molecule has 0 heterocycles. The number of rotatable bonds is 7. The smallest absolute Gasteiger partial charge is 0.164 e. The Morgan fingerprint density at radius 3 is 2.11 bits per heavy atom. The SMILES string of the molecule is C=C(C)CCC(O)c1cc(OC)c(OC)cc1OC. The molecule has 4 nitrogen and oxygen atoms in total. The molecule has 0 spiro atoms. The van der Waals surface area contributed by atoms with E-state index in [1.807, 2.05) is 6.92 Å². The van der Waals surface area contributed by atoms with Gasteiger partial charge in [0.1, 0.15) is 5.75 Å². The molecule has 0 aromatic heterocycles. The highest BCUT2D eigenvalue weighted by Crippen LogP contribution is 2.38. The zero-order chi connectivity index (χ0) is 14.4. The molecule has 1 aromatic carbocycles.